The minimum absolute atomic E-state index is 0.00638. The van der Waals surface area contributed by atoms with Crippen molar-refractivity contribution in [1.29, 1.82) is 0 Å². The summed E-state index contributed by atoms with van der Waals surface area (Å²) in [5.74, 6) is 1.02. The van der Waals surface area contributed by atoms with Crippen LogP contribution in [0.1, 0.15) is 28.9 Å². The lowest BCUT2D eigenvalue weighted by Gasteiger charge is -2.22. The monoisotopic (exact) mass is 398 g/mol. The molecule has 1 aliphatic carbocycles. The molecule has 0 spiro atoms. The van der Waals surface area contributed by atoms with Crippen molar-refractivity contribution >= 4 is 33.5 Å². The minimum atomic E-state index is -0.288. The predicted octanol–water partition coefficient (Wildman–Crippen LogP) is 3.39. The molecule has 0 unspecified atom stereocenters. The Kier molecular flexibility index (Phi) is 5.12. The Morgan fingerprint density at radius 2 is 2.00 bits per heavy atom. The fraction of sp³-hybridized carbons (Fsp3) is 0.429. The second-order valence-corrected chi connectivity index (χ2v) is 8.75. The number of carbonyl (C=O) groups excluding carboxylic acids is 1. The van der Waals surface area contributed by atoms with Gasteiger partial charge in [-0.05, 0) is 31.0 Å². The maximum absolute atomic E-state index is 13.0. The van der Waals surface area contributed by atoms with E-state index in [1.54, 1.807) is 4.90 Å². The first-order valence-corrected chi connectivity index (χ1v) is 10.5. The summed E-state index contributed by atoms with van der Waals surface area (Å²) in [6.07, 6.45) is 2.57. The van der Waals surface area contributed by atoms with Crippen molar-refractivity contribution in [2.45, 2.75) is 25.4 Å². The lowest BCUT2D eigenvalue weighted by Crippen LogP contribution is -2.34. The molecule has 2 heterocycles. The van der Waals surface area contributed by atoms with Gasteiger partial charge < -0.3 is 14.9 Å². The zero-order valence-electron chi connectivity index (χ0n) is 16.5. The van der Waals surface area contributed by atoms with E-state index in [0.29, 0.717) is 11.4 Å². The number of aliphatic hydroxyl groups is 1. The van der Waals surface area contributed by atoms with Crippen molar-refractivity contribution in [2.75, 3.05) is 32.6 Å². The Morgan fingerprint density at radius 1 is 1.25 bits per heavy atom. The van der Waals surface area contributed by atoms with Crippen molar-refractivity contribution in [1.82, 2.24) is 14.5 Å². The fourth-order valence-electron chi connectivity index (χ4n) is 3.93. The van der Waals surface area contributed by atoms with Crippen LogP contribution in [0.4, 0.5) is 5.95 Å². The SMILES string of the molecule is CN(C[C@H]1CCC[C@@H]1O)C(=O)c1cc2nc(N(C)C)n(-c3ccccc3)c2s1. The Labute approximate surface area is 169 Å². The number of benzene rings is 1. The average Bonchev–Trinajstić information content (AvgIpc) is 3.36. The van der Waals surface area contributed by atoms with Crippen molar-refractivity contribution in [3.05, 3.63) is 41.3 Å². The van der Waals surface area contributed by atoms with Gasteiger partial charge in [0.15, 0.2) is 0 Å². The number of fused-ring (bicyclic) bond motifs is 1. The molecule has 2 aromatic heterocycles. The van der Waals surface area contributed by atoms with Gasteiger partial charge in [0.05, 0.1) is 11.0 Å². The molecule has 7 heteroatoms. The molecule has 4 rings (SSSR count). The van der Waals surface area contributed by atoms with E-state index in [1.165, 1.54) is 11.3 Å². The van der Waals surface area contributed by atoms with Crippen molar-refractivity contribution in [3.8, 4) is 5.69 Å². The van der Waals surface area contributed by atoms with E-state index in [0.717, 1.165) is 41.2 Å². The molecular weight excluding hydrogens is 372 g/mol. The maximum atomic E-state index is 13.0. The smallest absolute Gasteiger partial charge is 0.263 e. The molecule has 1 amide bonds. The van der Waals surface area contributed by atoms with Crippen LogP contribution >= 0.6 is 11.3 Å². The van der Waals surface area contributed by atoms with Crippen LogP contribution in [0.3, 0.4) is 0 Å². The van der Waals surface area contributed by atoms with Gasteiger partial charge in [0.2, 0.25) is 5.95 Å². The Bertz CT molecular complexity index is 979. The molecule has 0 saturated heterocycles. The number of aliphatic hydroxyl groups excluding tert-OH is 1. The number of nitrogens with zero attached hydrogens (tertiary/aromatic N) is 4. The number of anilines is 1. The van der Waals surface area contributed by atoms with E-state index < -0.39 is 0 Å². The quantitative estimate of drug-likeness (QED) is 0.716. The summed E-state index contributed by atoms with van der Waals surface area (Å²) in [6, 6.07) is 12.0. The number of hydrogen-bond donors (Lipinski definition) is 1. The molecule has 1 N–H and O–H groups in total. The van der Waals surface area contributed by atoms with Gasteiger partial charge in [-0.1, -0.05) is 24.6 Å². The molecule has 2 atom stereocenters. The molecule has 1 aromatic carbocycles. The summed E-state index contributed by atoms with van der Waals surface area (Å²) in [4.78, 5) is 23.1. The first-order valence-electron chi connectivity index (χ1n) is 9.64. The highest BCUT2D eigenvalue weighted by Crippen LogP contribution is 2.33. The average molecular weight is 399 g/mol. The van der Waals surface area contributed by atoms with Gasteiger partial charge >= 0.3 is 0 Å². The molecule has 1 saturated carbocycles. The topological polar surface area (TPSA) is 61.6 Å². The number of para-hydroxylation sites is 1. The van der Waals surface area contributed by atoms with E-state index in [4.69, 9.17) is 4.98 Å². The van der Waals surface area contributed by atoms with Gasteiger partial charge in [0, 0.05) is 39.3 Å². The van der Waals surface area contributed by atoms with Crippen LogP contribution in [0.5, 0.6) is 0 Å². The molecule has 0 bridgehead atoms. The summed E-state index contributed by atoms with van der Waals surface area (Å²) in [5.41, 5.74) is 1.85. The molecular formula is C21H26N4O2S. The van der Waals surface area contributed by atoms with E-state index in [2.05, 4.69) is 4.57 Å². The molecule has 1 fully saturated rings. The molecule has 1 aliphatic rings. The number of thiophene rings is 1. The second-order valence-electron chi connectivity index (χ2n) is 7.72. The highest BCUT2D eigenvalue weighted by molar-refractivity contribution is 7.20. The van der Waals surface area contributed by atoms with Crippen molar-refractivity contribution < 1.29 is 9.90 Å². The number of imidazole rings is 1. The largest absolute Gasteiger partial charge is 0.393 e. The van der Waals surface area contributed by atoms with Crippen molar-refractivity contribution in [2.24, 2.45) is 5.92 Å². The van der Waals surface area contributed by atoms with Gasteiger partial charge in [-0.2, -0.15) is 0 Å². The fourth-order valence-corrected chi connectivity index (χ4v) is 5.04. The number of rotatable bonds is 5. The minimum Gasteiger partial charge on any atom is -0.393 e. The standard InChI is InChI=1S/C21H26N4O2S/c1-23(2)21-22-16-12-18(19(27)24(3)13-14-8-7-11-17(14)26)28-20(16)25(21)15-9-5-4-6-10-15/h4-6,9-10,12,14,17,26H,7-8,11,13H2,1-3H3/t14-,17+/m1/s1. The van der Waals surface area contributed by atoms with Gasteiger partial charge in [-0.15, -0.1) is 11.3 Å². The van der Waals surface area contributed by atoms with Crippen LogP contribution in [0.25, 0.3) is 16.0 Å². The maximum Gasteiger partial charge on any atom is 0.263 e. The summed E-state index contributed by atoms with van der Waals surface area (Å²) in [6.45, 7) is 0.594. The molecule has 148 valence electrons. The van der Waals surface area contributed by atoms with Crippen LogP contribution in [-0.2, 0) is 0 Å². The van der Waals surface area contributed by atoms with Crippen molar-refractivity contribution in [3.63, 3.8) is 0 Å². The summed E-state index contributed by atoms with van der Waals surface area (Å²) in [5, 5.41) is 10.1. The van der Waals surface area contributed by atoms with Crippen LogP contribution in [0.15, 0.2) is 36.4 Å². The normalized spacial score (nSPS) is 19.3. The van der Waals surface area contributed by atoms with Gasteiger partial charge in [0.25, 0.3) is 5.91 Å². The lowest BCUT2D eigenvalue weighted by molar-refractivity contribution is 0.0698. The summed E-state index contributed by atoms with van der Waals surface area (Å²) < 4.78 is 2.09. The first-order chi connectivity index (χ1) is 13.5. The molecule has 0 radical (unpaired) electrons. The van der Waals surface area contributed by atoms with E-state index in [-0.39, 0.29) is 17.9 Å². The first kappa shape index (κ1) is 19.0. The molecule has 28 heavy (non-hydrogen) atoms. The summed E-state index contributed by atoms with van der Waals surface area (Å²) in [7, 11) is 5.76. The number of hydrogen-bond acceptors (Lipinski definition) is 5. The Morgan fingerprint density at radius 3 is 2.64 bits per heavy atom. The molecule has 0 aliphatic heterocycles. The number of aromatic nitrogens is 2. The third-order valence-electron chi connectivity index (χ3n) is 5.42. The van der Waals surface area contributed by atoms with Crippen LogP contribution in [-0.4, -0.2) is 59.3 Å². The van der Waals surface area contributed by atoms with Gasteiger partial charge in [0.1, 0.15) is 10.3 Å². The number of carbonyl (C=O) groups is 1. The van der Waals surface area contributed by atoms with Crippen LogP contribution < -0.4 is 4.90 Å². The highest BCUT2D eigenvalue weighted by Gasteiger charge is 2.28. The highest BCUT2D eigenvalue weighted by atomic mass is 32.1. The van der Waals surface area contributed by atoms with E-state index >= 15 is 0 Å². The molecule has 3 aromatic rings. The predicted molar refractivity (Wildman–Crippen MR) is 114 cm³/mol. The Balaban J connectivity index is 1.66. The summed E-state index contributed by atoms with van der Waals surface area (Å²) >= 11 is 1.47. The third-order valence-corrected chi connectivity index (χ3v) is 6.51. The number of amides is 1. The zero-order chi connectivity index (χ0) is 19.8. The Hall–Kier alpha value is -2.38. The zero-order valence-corrected chi connectivity index (χ0v) is 17.3. The van der Waals surface area contributed by atoms with Crippen LogP contribution in [0.2, 0.25) is 0 Å². The van der Waals surface area contributed by atoms with Gasteiger partial charge in [-0.25, -0.2) is 4.98 Å². The second kappa shape index (κ2) is 7.56. The third kappa shape index (κ3) is 3.40. The van der Waals surface area contributed by atoms with E-state index in [9.17, 15) is 9.90 Å². The van der Waals surface area contributed by atoms with E-state index in [1.807, 2.05) is 62.4 Å². The lowest BCUT2D eigenvalue weighted by atomic mass is 10.1. The molecule has 6 nitrogen and oxygen atoms in total. The van der Waals surface area contributed by atoms with Crippen LogP contribution in [0, 0.1) is 5.92 Å². The van der Waals surface area contributed by atoms with Gasteiger partial charge in [-0.3, -0.25) is 9.36 Å².